The lowest BCUT2D eigenvalue weighted by atomic mass is 10.2. The van der Waals surface area contributed by atoms with Crippen molar-refractivity contribution < 1.29 is 31.1 Å². The van der Waals surface area contributed by atoms with Crippen LogP contribution in [0.5, 0.6) is 5.75 Å². The molecule has 0 heterocycles. The molecule has 0 atom stereocenters. The molecular weight excluding hydrogens is 445 g/mol. The van der Waals surface area contributed by atoms with Gasteiger partial charge < -0.3 is 10.1 Å². The molecule has 32 heavy (non-hydrogen) atoms. The van der Waals surface area contributed by atoms with Crippen LogP contribution in [-0.4, -0.2) is 20.9 Å². The molecule has 0 aromatic heterocycles. The number of carbonyl (C=O) groups is 1. The fourth-order valence-corrected chi connectivity index (χ4v) is 3.73. The molecule has 0 aliphatic rings. The molecule has 0 aliphatic heterocycles. The Bertz CT molecular complexity index is 1190. The number of benzene rings is 3. The van der Waals surface area contributed by atoms with Crippen molar-refractivity contribution in [2.75, 3.05) is 16.6 Å². The molecule has 3 rings (SSSR count). The van der Waals surface area contributed by atoms with Gasteiger partial charge in [0.25, 0.3) is 15.9 Å². The highest BCUT2D eigenvalue weighted by Crippen LogP contribution is 2.30. The largest absolute Gasteiger partial charge is 0.484 e. The highest BCUT2D eigenvalue weighted by Gasteiger charge is 2.30. The number of rotatable bonds is 7. The third-order valence-corrected chi connectivity index (χ3v) is 5.68. The van der Waals surface area contributed by atoms with E-state index in [9.17, 15) is 26.4 Å². The van der Waals surface area contributed by atoms with Gasteiger partial charge in [0.05, 0.1) is 10.5 Å². The zero-order chi connectivity index (χ0) is 23.4. The third-order valence-electron chi connectivity index (χ3n) is 4.28. The van der Waals surface area contributed by atoms with Crippen molar-refractivity contribution in [3.8, 4) is 5.75 Å². The molecular formula is C22H19F3N2O4S. The Morgan fingerprint density at radius 1 is 0.938 bits per heavy atom. The lowest BCUT2D eigenvalue weighted by Crippen LogP contribution is -2.20. The van der Waals surface area contributed by atoms with Crippen LogP contribution in [0.3, 0.4) is 0 Å². The van der Waals surface area contributed by atoms with E-state index in [4.69, 9.17) is 4.74 Å². The molecule has 0 fully saturated rings. The van der Waals surface area contributed by atoms with Gasteiger partial charge in [0.1, 0.15) is 5.75 Å². The molecule has 1 amide bonds. The van der Waals surface area contributed by atoms with Crippen molar-refractivity contribution in [3.05, 3.63) is 83.9 Å². The maximum Gasteiger partial charge on any atom is 0.416 e. The fourth-order valence-electron chi connectivity index (χ4n) is 2.67. The van der Waals surface area contributed by atoms with Crippen LogP contribution in [-0.2, 0) is 21.0 Å². The molecule has 3 aromatic carbocycles. The van der Waals surface area contributed by atoms with E-state index in [1.54, 1.807) is 24.3 Å². The number of hydrogen-bond donors (Lipinski definition) is 2. The summed E-state index contributed by atoms with van der Waals surface area (Å²) in [4.78, 5) is 12.0. The van der Waals surface area contributed by atoms with E-state index in [2.05, 4.69) is 10.0 Å². The molecule has 0 bridgehead atoms. The predicted molar refractivity (Wildman–Crippen MR) is 114 cm³/mol. The van der Waals surface area contributed by atoms with Gasteiger partial charge in [0, 0.05) is 11.4 Å². The second-order valence-electron chi connectivity index (χ2n) is 6.86. The summed E-state index contributed by atoms with van der Waals surface area (Å²) in [5, 5.41) is 2.32. The first-order valence-electron chi connectivity index (χ1n) is 9.32. The Morgan fingerprint density at radius 2 is 1.59 bits per heavy atom. The Hall–Kier alpha value is -3.53. The number of sulfonamides is 1. The molecule has 0 aliphatic carbocycles. The maximum absolute atomic E-state index is 12.7. The van der Waals surface area contributed by atoms with Gasteiger partial charge >= 0.3 is 6.18 Å². The number of halogens is 3. The summed E-state index contributed by atoms with van der Waals surface area (Å²) >= 11 is 0. The van der Waals surface area contributed by atoms with E-state index < -0.39 is 34.3 Å². The monoisotopic (exact) mass is 464 g/mol. The molecule has 168 valence electrons. The van der Waals surface area contributed by atoms with Gasteiger partial charge in [0.2, 0.25) is 0 Å². The first kappa shape index (κ1) is 23.1. The van der Waals surface area contributed by atoms with Gasteiger partial charge in [-0.3, -0.25) is 9.52 Å². The lowest BCUT2D eigenvalue weighted by Gasteiger charge is -2.11. The van der Waals surface area contributed by atoms with E-state index in [-0.39, 0.29) is 16.3 Å². The van der Waals surface area contributed by atoms with Crippen molar-refractivity contribution in [2.24, 2.45) is 0 Å². The number of alkyl halides is 3. The van der Waals surface area contributed by atoms with E-state index in [0.717, 1.165) is 17.7 Å². The normalized spacial score (nSPS) is 11.6. The van der Waals surface area contributed by atoms with Gasteiger partial charge in [-0.1, -0.05) is 23.8 Å². The number of ether oxygens (including phenoxy) is 1. The highest BCUT2D eigenvalue weighted by atomic mass is 32.2. The summed E-state index contributed by atoms with van der Waals surface area (Å²) in [6, 6.07) is 16.5. The zero-order valence-electron chi connectivity index (χ0n) is 16.8. The predicted octanol–water partition coefficient (Wildman–Crippen LogP) is 4.83. The number of carbonyl (C=O) groups excluding carboxylic acids is 1. The van der Waals surface area contributed by atoms with Crippen molar-refractivity contribution >= 4 is 27.3 Å². The van der Waals surface area contributed by atoms with Gasteiger partial charge in [-0.15, -0.1) is 0 Å². The first-order chi connectivity index (χ1) is 15.0. The average Bonchev–Trinajstić information content (AvgIpc) is 2.74. The number of hydrogen-bond acceptors (Lipinski definition) is 4. The lowest BCUT2D eigenvalue weighted by molar-refractivity contribution is -0.137. The summed E-state index contributed by atoms with van der Waals surface area (Å²) < 4.78 is 70.9. The number of nitrogens with one attached hydrogen (secondary N) is 2. The van der Waals surface area contributed by atoms with E-state index in [1.165, 1.54) is 36.4 Å². The Balaban J connectivity index is 1.57. The third kappa shape index (κ3) is 6.24. The average molecular weight is 464 g/mol. The van der Waals surface area contributed by atoms with Gasteiger partial charge in [-0.2, -0.15) is 13.2 Å². The van der Waals surface area contributed by atoms with Gasteiger partial charge in [-0.05, 0) is 61.5 Å². The van der Waals surface area contributed by atoms with Crippen LogP contribution in [0.1, 0.15) is 11.1 Å². The van der Waals surface area contributed by atoms with Crippen LogP contribution in [0.2, 0.25) is 0 Å². The minimum absolute atomic E-state index is 0.00107. The smallest absolute Gasteiger partial charge is 0.416 e. The second-order valence-corrected chi connectivity index (χ2v) is 8.54. The number of anilines is 2. The minimum Gasteiger partial charge on any atom is -0.484 e. The second kappa shape index (κ2) is 9.31. The molecule has 6 nitrogen and oxygen atoms in total. The Kier molecular flexibility index (Phi) is 6.73. The van der Waals surface area contributed by atoms with E-state index in [0.29, 0.717) is 5.69 Å². The molecule has 0 saturated heterocycles. The summed E-state index contributed by atoms with van der Waals surface area (Å²) in [7, 11) is -3.81. The fraction of sp³-hybridized carbons (Fsp3) is 0.136. The van der Waals surface area contributed by atoms with Crippen molar-refractivity contribution in [3.63, 3.8) is 0 Å². The first-order valence-corrected chi connectivity index (χ1v) is 10.8. The number of amides is 1. The van der Waals surface area contributed by atoms with Crippen LogP contribution in [0.4, 0.5) is 24.5 Å². The quantitative estimate of drug-likeness (QED) is 0.525. The maximum atomic E-state index is 12.7. The Morgan fingerprint density at radius 3 is 2.22 bits per heavy atom. The SMILES string of the molecule is Cc1ccc(NS(=O)(=O)c2ccc(OCC(=O)Nc3cccc(C(F)(F)F)c3)cc2)cc1. The molecule has 0 saturated carbocycles. The zero-order valence-corrected chi connectivity index (χ0v) is 17.6. The molecule has 0 unspecified atom stereocenters. The van der Waals surface area contributed by atoms with Crippen LogP contribution in [0.25, 0.3) is 0 Å². The summed E-state index contributed by atoms with van der Waals surface area (Å²) in [5.74, 6) is -0.444. The van der Waals surface area contributed by atoms with Crippen LogP contribution in [0.15, 0.2) is 77.7 Å². The van der Waals surface area contributed by atoms with E-state index in [1.807, 2.05) is 6.92 Å². The molecule has 0 spiro atoms. The standard InChI is InChI=1S/C22H19F3N2O4S/c1-15-5-7-17(8-6-15)27-32(29,30)20-11-9-19(10-12-20)31-14-21(28)26-18-4-2-3-16(13-18)22(23,24)25/h2-13,27H,14H2,1H3,(H,26,28). The van der Waals surface area contributed by atoms with Crippen LogP contribution in [0, 0.1) is 6.92 Å². The van der Waals surface area contributed by atoms with Crippen LogP contribution < -0.4 is 14.8 Å². The molecule has 0 radical (unpaired) electrons. The topological polar surface area (TPSA) is 84.5 Å². The number of aryl methyl sites for hydroxylation is 1. The minimum atomic E-state index is -4.52. The van der Waals surface area contributed by atoms with Crippen molar-refractivity contribution in [2.45, 2.75) is 18.0 Å². The molecule has 2 N–H and O–H groups in total. The summed E-state index contributed by atoms with van der Waals surface area (Å²) in [5.41, 5.74) is 0.512. The van der Waals surface area contributed by atoms with E-state index >= 15 is 0 Å². The Labute approximate surface area is 183 Å². The summed E-state index contributed by atoms with van der Waals surface area (Å²) in [6.07, 6.45) is -4.52. The van der Waals surface area contributed by atoms with Crippen LogP contribution >= 0.6 is 0 Å². The van der Waals surface area contributed by atoms with Gasteiger partial charge in [0.15, 0.2) is 6.61 Å². The van der Waals surface area contributed by atoms with Crippen molar-refractivity contribution in [1.82, 2.24) is 0 Å². The van der Waals surface area contributed by atoms with Crippen molar-refractivity contribution in [1.29, 1.82) is 0 Å². The molecule has 10 heteroatoms. The summed E-state index contributed by atoms with van der Waals surface area (Å²) in [6.45, 7) is 1.42. The van der Waals surface area contributed by atoms with Gasteiger partial charge in [-0.25, -0.2) is 8.42 Å². The highest BCUT2D eigenvalue weighted by molar-refractivity contribution is 7.92. The molecule has 3 aromatic rings.